The van der Waals surface area contributed by atoms with E-state index in [-0.39, 0.29) is 5.92 Å². The van der Waals surface area contributed by atoms with Crippen LogP contribution in [0.25, 0.3) is 0 Å². The molecule has 0 N–H and O–H groups in total. The molecule has 0 aliphatic carbocycles. The minimum Gasteiger partial charge on any atom is -0.492 e. The standard InChI is InChI=1S/C26H34N4OS/c1-22(2)26(21-28,25-11-6-10-24(20-27)32-25)12-7-13-29-14-16-30(17-15-29)18-19-31-23-8-4-3-5-9-23/h3-5,8-11,22H,6-7,12-19H2,1-2H3. The first kappa shape index (κ1) is 24.4. The zero-order valence-corrected chi connectivity index (χ0v) is 20.1. The third kappa shape index (κ3) is 6.39. The molecule has 1 unspecified atom stereocenters. The number of benzene rings is 1. The Morgan fingerprint density at radius 1 is 1.03 bits per heavy atom. The molecule has 0 spiro atoms. The van der Waals surface area contributed by atoms with E-state index in [0.717, 1.165) is 80.7 Å². The maximum absolute atomic E-state index is 10.2. The number of thioether (sulfide) groups is 1. The fourth-order valence-corrected chi connectivity index (χ4v) is 5.59. The average molecular weight is 451 g/mol. The number of nitriles is 2. The third-order valence-corrected chi connectivity index (χ3v) is 7.72. The Bertz CT molecular complexity index is 875. The van der Waals surface area contributed by atoms with Crippen molar-refractivity contribution in [3.05, 3.63) is 52.3 Å². The van der Waals surface area contributed by atoms with Crippen molar-refractivity contribution in [2.45, 2.75) is 33.1 Å². The van der Waals surface area contributed by atoms with Gasteiger partial charge in [0.05, 0.1) is 16.4 Å². The molecule has 1 fully saturated rings. The van der Waals surface area contributed by atoms with Crippen LogP contribution in [0.5, 0.6) is 5.75 Å². The topological polar surface area (TPSA) is 63.3 Å². The number of allylic oxidation sites excluding steroid dienone is 4. The molecule has 0 radical (unpaired) electrons. The minimum atomic E-state index is -0.502. The average Bonchev–Trinajstić information content (AvgIpc) is 2.83. The Labute approximate surface area is 197 Å². The number of rotatable bonds is 10. The lowest BCUT2D eigenvalue weighted by molar-refractivity contribution is 0.113. The van der Waals surface area contributed by atoms with Crippen molar-refractivity contribution in [1.82, 2.24) is 9.80 Å². The lowest BCUT2D eigenvalue weighted by atomic mass is 9.74. The zero-order valence-electron chi connectivity index (χ0n) is 19.3. The van der Waals surface area contributed by atoms with E-state index >= 15 is 0 Å². The van der Waals surface area contributed by atoms with Gasteiger partial charge in [0, 0.05) is 37.6 Å². The predicted octanol–water partition coefficient (Wildman–Crippen LogP) is 5.06. The molecule has 1 atom stereocenters. The SMILES string of the molecule is CC(C)C(C#N)(CCCN1CCN(CCOc2ccccc2)CC1)C1=CCC=C(C#N)S1. The summed E-state index contributed by atoms with van der Waals surface area (Å²) in [5.41, 5.74) is -0.502. The smallest absolute Gasteiger partial charge is 0.119 e. The van der Waals surface area contributed by atoms with Crippen LogP contribution in [-0.4, -0.2) is 55.7 Å². The Balaban J connectivity index is 1.42. The summed E-state index contributed by atoms with van der Waals surface area (Å²) in [5, 5.41) is 19.5. The molecule has 6 heteroatoms. The second-order valence-electron chi connectivity index (χ2n) is 8.77. The summed E-state index contributed by atoms with van der Waals surface area (Å²) in [6, 6.07) is 14.9. The normalized spacial score (nSPS) is 19.4. The molecule has 2 heterocycles. The van der Waals surface area contributed by atoms with Crippen LogP contribution in [0.2, 0.25) is 0 Å². The largest absolute Gasteiger partial charge is 0.492 e. The summed E-state index contributed by atoms with van der Waals surface area (Å²) < 4.78 is 5.83. The number of ether oxygens (including phenoxy) is 1. The monoisotopic (exact) mass is 450 g/mol. The molecule has 2 aliphatic rings. The Hall–Kier alpha value is -2.25. The summed E-state index contributed by atoms with van der Waals surface area (Å²) in [4.78, 5) is 6.76. The van der Waals surface area contributed by atoms with Gasteiger partial charge in [-0.3, -0.25) is 4.90 Å². The first-order valence-corrected chi connectivity index (χ1v) is 12.4. The van der Waals surface area contributed by atoms with Gasteiger partial charge in [-0.1, -0.05) is 56.0 Å². The van der Waals surface area contributed by atoms with Crippen molar-refractivity contribution < 1.29 is 4.74 Å². The van der Waals surface area contributed by atoms with Gasteiger partial charge in [0.15, 0.2) is 0 Å². The van der Waals surface area contributed by atoms with E-state index in [1.165, 1.54) is 11.8 Å². The molecular formula is C26H34N4OS. The molecule has 5 nitrogen and oxygen atoms in total. The van der Waals surface area contributed by atoms with E-state index in [2.05, 4.69) is 41.9 Å². The molecule has 3 rings (SSSR count). The summed E-state index contributed by atoms with van der Waals surface area (Å²) in [6.07, 6.45) is 6.67. The Morgan fingerprint density at radius 2 is 1.72 bits per heavy atom. The maximum atomic E-state index is 10.2. The zero-order chi connectivity index (χ0) is 22.8. The van der Waals surface area contributed by atoms with Crippen molar-refractivity contribution in [1.29, 1.82) is 10.5 Å². The molecule has 0 amide bonds. The van der Waals surface area contributed by atoms with E-state index in [0.29, 0.717) is 0 Å². The fourth-order valence-electron chi connectivity index (χ4n) is 4.38. The van der Waals surface area contributed by atoms with Gasteiger partial charge in [-0.15, -0.1) is 0 Å². The van der Waals surface area contributed by atoms with Gasteiger partial charge in [-0.2, -0.15) is 10.5 Å². The van der Waals surface area contributed by atoms with Crippen LogP contribution in [0.3, 0.4) is 0 Å². The third-order valence-electron chi connectivity index (χ3n) is 6.49. The van der Waals surface area contributed by atoms with Crippen LogP contribution in [0, 0.1) is 34.0 Å². The van der Waals surface area contributed by atoms with Crippen LogP contribution < -0.4 is 4.74 Å². The lowest BCUT2D eigenvalue weighted by Gasteiger charge is -2.37. The van der Waals surface area contributed by atoms with E-state index in [1.807, 2.05) is 36.4 Å². The quantitative estimate of drug-likeness (QED) is 0.497. The first-order chi connectivity index (χ1) is 15.6. The van der Waals surface area contributed by atoms with Crippen LogP contribution in [0.15, 0.2) is 52.3 Å². The van der Waals surface area contributed by atoms with Gasteiger partial charge in [0.1, 0.15) is 18.4 Å². The highest BCUT2D eigenvalue weighted by Gasteiger charge is 2.39. The van der Waals surface area contributed by atoms with Crippen LogP contribution in [0.4, 0.5) is 0 Å². The van der Waals surface area contributed by atoms with Crippen LogP contribution in [0.1, 0.15) is 33.1 Å². The molecule has 32 heavy (non-hydrogen) atoms. The highest BCUT2D eigenvalue weighted by Crippen LogP contribution is 2.49. The fraction of sp³-hybridized carbons (Fsp3) is 0.538. The second-order valence-corrected chi connectivity index (χ2v) is 9.86. The van der Waals surface area contributed by atoms with Crippen LogP contribution >= 0.6 is 11.8 Å². The minimum absolute atomic E-state index is 0.214. The van der Waals surface area contributed by atoms with Crippen LogP contribution in [-0.2, 0) is 0 Å². The molecule has 170 valence electrons. The molecule has 0 aromatic heterocycles. The van der Waals surface area contributed by atoms with Crippen molar-refractivity contribution in [2.24, 2.45) is 11.3 Å². The molecule has 0 saturated carbocycles. The van der Waals surface area contributed by atoms with Crippen molar-refractivity contribution in [2.75, 3.05) is 45.9 Å². The molecule has 2 aliphatic heterocycles. The highest BCUT2D eigenvalue weighted by molar-refractivity contribution is 8.07. The van der Waals surface area contributed by atoms with Crippen molar-refractivity contribution in [3.63, 3.8) is 0 Å². The molecule has 1 aromatic carbocycles. The highest BCUT2D eigenvalue weighted by atomic mass is 32.2. The number of hydrogen-bond donors (Lipinski definition) is 0. The number of nitrogens with zero attached hydrogens (tertiary/aromatic N) is 4. The summed E-state index contributed by atoms with van der Waals surface area (Å²) in [7, 11) is 0. The van der Waals surface area contributed by atoms with Gasteiger partial charge in [-0.25, -0.2) is 0 Å². The Morgan fingerprint density at radius 3 is 2.34 bits per heavy atom. The summed E-state index contributed by atoms with van der Waals surface area (Å²) in [6.45, 7) is 11.2. The van der Waals surface area contributed by atoms with Gasteiger partial charge < -0.3 is 9.64 Å². The molecular weight excluding hydrogens is 416 g/mol. The van der Waals surface area contributed by atoms with Gasteiger partial charge in [0.25, 0.3) is 0 Å². The van der Waals surface area contributed by atoms with Crippen molar-refractivity contribution in [3.8, 4) is 17.9 Å². The maximum Gasteiger partial charge on any atom is 0.119 e. The number of piperazine rings is 1. The first-order valence-electron chi connectivity index (χ1n) is 11.6. The van der Waals surface area contributed by atoms with E-state index in [4.69, 9.17) is 4.74 Å². The lowest BCUT2D eigenvalue weighted by Crippen LogP contribution is -2.47. The van der Waals surface area contributed by atoms with Gasteiger partial charge >= 0.3 is 0 Å². The Kier molecular flexibility index (Phi) is 9.23. The summed E-state index contributed by atoms with van der Waals surface area (Å²) in [5.74, 6) is 1.15. The predicted molar refractivity (Wildman–Crippen MR) is 131 cm³/mol. The molecule has 0 bridgehead atoms. The number of hydrogen-bond acceptors (Lipinski definition) is 6. The van der Waals surface area contributed by atoms with Crippen molar-refractivity contribution >= 4 is 11.8 Å². The van der Waals surface area contributed by atoms with Gasteiger partial charge in [-0.05, 0) is 43.9 Å². The molecule has 1 aromatic rings. The summed E-state index contributed by atoms with van der Waals surface area (Å²) >= 11 is 1.49. The van der Waals surface area contributed by atoms with E-state index in [1.54, 1.807) is 0 Å². The van der Waals surface area contributed by atoms with Gasteiger partial charge in [0.2, 0.25) is 0 Å². The number of para-hydroxylation sites is 1. The second kappa shape index (κ2) is 12.1. The molecule has 1 saturated heterocycles. The van der Waals surface area contributed by atoms with E-state index in [9.17, 15) is 10.5 Å². The van der Waals surface area contributed by atoms with E-state index < -0.39 is 5.41 Å².